The molecular formula is C15H21ClN2O4S. The Labute approximate surface area is 142 Å². The van der Waals surface area contributed by atoms with Crippen LogP contribution in [0.2, 0.25) is 0 Å². The van der Waals surface area contributed by atoms with Crippen LogP contribution >= 0.6 is 12.4 Å². The lowest BCUT2D eigenvalue weighted by atomic mass is 10.0. The van der Waals surface area contributed by atoms with Crippen LogP contribution in [0.5, 0.6) is 0 Å². The van der Waals surface area contributed by atoms with Gasteiger partial charge >= 0.3 is 5.97 Å². The number of ether oxygens (including phenoxy) is 1. The molecule has 3 rings (SSSR count). The zero-order valence-corrected chi connectivity index (χ0v) is 14.7. The average molecular weight is 361 g/mol. The SMILES string of the molecule is COC(=O)c1ccc(C)c(S(=O)(=O)N2C[C@H]3CNC[C@H]3C2)c1.Cl. The van der Waals surface area contributed by atoms with Crippen LogP contribution in [-0.2, 0) is 14.8 Å². The summed E-state index contributed by atoms with van der Waals surface area (Å²) in [6, 6.07) is 4.66. The number of benzene rings is 1. The molecule has 8 heteroatoms. The van der Waals surface area contributed by atoms with Crippen molar-refractivity contribution in [2.24, 2.45) is 11.8 Å². The van der Waals surface area contributed by atoms with Gasteiger partial charge in [0.1, 0.15) is 0 Å². The summed E-state index contributed by atoms with van der Waals surface area (Å²) in [5.41, 5.74) is 0.899. The molecule has 2 saturated heterocycles. The Balaban J connectivity index is 0.00000192. The first kappa shape index (κ1) is 18.2. The summed E-state index contributed by atoms with van der Waals surface area (Å²) >= 11 is 0. The number of methoxy groups -OCH3 is 1. The Morgan fingerprint density at radius 3 is 2.43 bits per heavy atom. The van der Waals surface area contributed by atoms with Crippen molar-refractivity contribution >= 4 is 28.4 Å². The molecule has 0 saturated carbocycles. The van der Waals surface area contributed by atoms with E-state index in [1.807, 2.05) is 0 Å². The number of hydrogen-bond donors (Lipinski definition) is 1. The van der Waals surface area contributed by atoms with Gasteiger partial charge in [-0.15, -0.1) is 12.4 Å². The Kier molecular flexibility index (Phi) is 5.35. The molecule has 6 nitrogen and oxygen atoms in total. The highest BCUT2D eigenvalue weighted by atomic mass is 35.5. The molecule has 128 valence electrons. The second-order valence-corrected chi connectivity index (χ2v) is 7.88. The fraction of sp³-hybridized carbons (Fsp3) is 0.533. The Bertz CT molecular complexity index is 695. The van der Waals surface area contributed by atoms with E-state index in [0.29, 0.717) is 30.5 Å². The third-order valence-corrected chi connectivity index (χ3v) is 6.56. The van der Waals surface area contributed by atoms with Gasteiger partial charge in [-0.25, -0.2) is 13.2 Å². The first-order chi connectivity index (χ1) is 10.4. The first-order valence-electron chi connectivity index (χ1n) is 7.33. The predicted octanol–water partition coefficient (Wildman–Crippen LogP) is 1.04. The van der Waals surface area contributed by atoms with Crippen LogP contribution in [0.1, 0.15) is 15.9 Å². The molecule has 0 aromatic heterocycles. The Morgan fingerprint density at radius 1 is 1.26 bits per heavy atom. The van der Waals surface area contributed by atoms with Crippen molar-refractivity contribution in [1.29, 1.82) is 0 Å². The van der Waals surface area contributed by atoms with Crippen molar-refractivity contribution in [3.8, 4) is 0 Å². The largest absolute Gasteiger partial charge is 0.465 e. The van der Waals surface area contributed by atoms with Crippen molar-refractivity contribution in [2.45, 2.75) is 11.8 Å². The topological polar surface area (TPSA) is 75.7 Å². The standard InChI is InChI=1S/C15H20N2O4S.ClH/c1-10-3-4-11(15(18)21-2)5-14(10)22(19,20)17-8-12-6-16-7-13(12)9-17;/h3-5,12-13,16H,6-9H2,1-2H3;1H/t12-,13+;. The molecule has 0 radical (unpaired) electrons. The van der Waals surface area contributed by atoms with Crippen molar-refractivity contribution in [1.82, 2.24) is 9.62 Å². The van der Waals surface area contributed by atoms with Crippen LogP contribution < -0.4 is 5.32 Å². The number of nitrogens with one attached hydrogen (secondary N) is 1. The van der Waals surface area contributed by atoms with Crippen molar-refractivity contribution in [3.63, 3.8) is 0 Å². The minimum Gasteiger partial charge on any atom is -0.465 e. The van der Waals surface area contributed by atoms with E-state index in [1.165, 1.54) is 13.2 Å². The van der Waals surface area contributed by atoms with Crippen LogP contribution in [0.15, 0.2) is 23.1 Å². The number of esters is 1. The molecule has 0 bridgehead atoms. The zero-order chi connectivity index (χ0) is 15.9. The molecule has 2 fully saturated rings. The molecule has 2 atom stereocenters. The molecule has 0 aliphatic carbocycles. The van der Waals surface area contributed by atoms with E-state index in [0.717, 1.165) is 13.1 Å². The van der Waals surface area contributed by atoms with E-state index in [4.69, 9.17) is 0 Å². The van der Waals surface area contributed by atoms with E-state index < -0.39 is 16.0 Å². The smallest absolute Gasteiger partial charge is 0.337 e. The summed E-state index contributed by atoms with van der Waals surface area (Å²) in [7, 11) is -2.30. The van der Waals surface area contributed by atoms with E-state index in [-0.39, 0.29) is 22.9 Å². The van der Waals surface area contributed by atoms with Gasteiger partial charge in [0.15, 0.2) is 0 Å². The van der Waals surface area contributed by atoms with Crippen molar-refractivity contribution in [3.05, 3.63) is 29.3 Å². The van der Waals surface area contributed by atoms with E-state index in [9.17, 15) is 13.2 Å². The second kappa shape index (κ2) is 6.76. The van der Waals surface area contributed by atoms with E-state index in [2.05, 4.69) is 10.1 Å². The highest BCUT2D eigenvalue weighted by Crippen LogP contribution is 2.32. The predicted molar refractivity (Wildman–Crippen MR) is 88.4 cm³/mol. The zero-order valence-electron chi connectivity index (χ0n) is 13.1. The number of rotatable bonds is 3. The molecule has 0 spiro atoms. The van der Waals surface area contributed by atoms with Gasteiger partial charge in [0.25, 0.3) is 0 Å². The minimum atomic E-state index is -3.58. The molecule has 0 amide bonds. The maximum absolute atomic E-state index is 12.9. The molecule has 2 aliphatic heterocycles. The number of carbonyl (C=O) groups is 1. The van der Waals surface area contributed by atoms with E-state index >= 15 is 0 Å². The molecule has 0 unspecified atom stereocenters. The monoisotopic (exact) mass is 360 g/mol. The average Bonchev–Trinajstić information content (AvgIpc) is 3.08. The number of carbonyl (C=O) groups excluding carboxylic acids is 1. The molecule has 2 heterocycles. The summed E-state index contributed by atoms with van der Waals surface area (Å²) in [6.45, 7) is 4.58. The summed E-state index contributed by atoms with van der Waals surface area (Å²) in [6.07, 6.45) is 0. The summed E-state index contributed by atoms with van der Waals surface area (Å²) < 4.78 is 32.0. The fourth-order valence-corrected chi connectivity index (χ4v) is 5.07. The molecule has 1 aromatic carbocycles. The molecule has 1 aromatic rings. The first-order valence-corrected chi connectivity index (χ1v) is 8.77. The van der Waals surface area contributed by atoms with Gasteiger partial charge < -0.3 is 10.1 Å². The van der Waals surface area contributed by atoms with Gasteiger partial charge in [0.05, 0.1) is 17.6 Å². The third-order valence-electron chi connectivity index (χ3n) is 4.58. The Morgan fingerprint density at radius 2 is 1.87 bits per heavy atom. The number of aryl methyl sites for hydroxylation is 1. The van der Waals surface area contributed by atoms with Gasteiger partial charge in [-0.1, -0.05) is 6.07 Å². The summed E-state index contributed by atoms with van der Waals surface area (Å²) in [4.78, 5) is 11.8. The van der Waals surface area contributed by atoms with Crippen LogP contribution in [0.4, 0.5) is 0 Å². The quantitative estimate of drug-likeness (QED) is 0.815. The highest BCUT2D eigenvalue weighted by Gasteiger charge is 2.41. The normalized spacial score (nSPS) is 24.1. The van der Waals surface area contributed by atoms with Crippen LogP contribution in [0.3, 0.4) is 0 Å². The number of nitrogens with zero attached hydrogens (tertiary/aromatic N) is 1. The van der Waals surface area contributed by atoms with Crippen molar-refractivity contribution < 1.29 is 17.9 Å². The van der Waals surface area contributed by atoms with Crippen molar-refractivity contribution in [2.75, 3.05) is 33.3 Å². The second-order valence-electron chi connectivity index (χ2n) is 5.97. The van der Waals surface area contributed by atoms with Crippen LogP contribution in [-0.4, -0.2) is 52.0 Å². The molecule has 2 aliphatic rings. The molecule has 1 N–H and O–H groups in total. The number of hydrogen-bond acceptors (Lipinski definition) is 5. The lowest BCUT2D eigenvalue weighted by Crippen LogP contribution is -2.32. The highest BCUT2D eigenvalue weighted by molar-refractivity contribution is 7.89. The van der Waals surface area contributed by atoms with Crippen LogP contribution in [0, 0.1) is 18.8 Å². The third kappa shape index (κ3) is 3.24. The van der Waals surface area contributed by atoms with Gasteiger partial charge in [0.2, 0.25) is 10.0 Å². The number of halogens is 1. The fourth-order valence-electron chi connectivity index (χ4n) is 3.27. The Hall–Kier alpha value is -1.15. The number of fused-ring (bicyclic) bond motifs is 1. The van der Waals surface area contributed by atoms with Crippen LogP contribution in [0.25, 0.3) is 0 Å². The lowest BCUT2D eigenvalue weighted by Gasteiger charge is -2.19. The van der Waals surface area contributed by atoms with Gasteiger partial charge in [-0.2, -0.15) is 4.31 Å². The maximum atomic E-state index is 12.9. The molecular weight excluding hydrogens is 340 g/mol. The number of sulfonamides is 1. The van der Waals surface area contributed by atoms with Gasteiger partial charge in [-0.05, 0) is 49.5 Å². The lowest BCUT2D eigenvalue weighted by molar-refractivity contribution is 0.0600. The summed E-state index contributed by atoms with van der Waals surface area (Å²) in [5.74, 6) is 0.247. The maximum Gasteiger partial charge on any atom is 0.337 e. The molecule has 23 heavy (non-hydrogen) atoms. The summed E-state index contributed by atoms with van der Waals surface area (Å²) in [5, 5.41) is 3.30. The van der Waals surface area contributed by atoms with Gasteiger partial charge in [-0.3, -0.25) is 0 Å². The van der Waals surface area contributed by atoms with E-state index in [1.54, 1.807) is 23.4 Å². The van der Waals surface area contributed by atoms with Gasteiger partial charge in [0, 0.05) is 13.1 Å². The minimum absolute atomic E-state index is 0.